The molecule has 2 N–H and O–H groups in total. The second-order valence-corrected chi connectivity index (χ2v) is 3.53. The van der Waals surface area contributed by atoms with Gasteiger partial charge in [-0.25, -0.2) is 4.79 Å². The van der Waals surface area contributed by atoms with Gasteiger partial charge < -0.3 is 19.7 Å². The van der Waals surface area contributed by atoms with Crippen LogP contribution in [0.2, 0.25) is 0 Å². The Balaban J connectivity index is 3.13. The number of benzene rings is 1. The lowest BCUT2D eigenvalue weighted by atomic mass is 9.99. The van der Waals surface area contributed by atoms with E-state index in [1.165, 1.54) is 25.3 Å². The van der Waals surface area contributed by atoms with Crippen molar-refractivity contribution in [3.63, 3.8) is 0 Å². The molecule has 0 aromatic heterocycles. The van der Waals surface area contributed by atoms with Gasteiger partial charge in [-0.1, -0.05) is 0 Å². The van der Waals surface area contributed by atoms with E-state index in [4.69, 9.17) is 4.74 Å². The van der Waals surface area contributed by atoms with Gasteiger partial charge in [0.15, 0.2) is 6.10 Å². The molecule has 1 rings (SSSR count). The van der Waals surface area contributed by atoms with Crippen molar-refractivity contribution in [3.05, 3.63) is 29.3 Å². The van der Waals surface area contributed by atoms with Crippen LogP contribution < -0.4 is 4.74 Å². The minimum absolute atomic E-state index is 0.0993. The van der Waals surface area contributed by atoms with Crippen molar-refractivity contribution in [1.82, 2.24) is 0 Å². The monoisotopic (exact) mass is 254 g/mol. The molecule has 0 aliphatic rings. The van der Waals surface area contributed by atoms with Crippen LogP contribution in [0.25, 0.3) is 0 Å². The molecule has 0 aliphatic carbocycles. The summed E-state index contributed by atoms with van der Waals surface area (Å²) in [6.07, 6.45) is -2.81. The van der Waals surface area contributed by atoms with Crippen LogP contribution in [0.4, 0.5) is 0 Å². The third kappa shape index (κ3) is 2.85. The Labute approximate surface area is 104 Å². The van der Waals surface area contributed by atoms with Crippen molar-refractivity contribution in [2.45, 2.75) is 12.2 Å². The summed E-state index contributed by atoms with van der Waals surface area (Å²) >= 11 is 0. The number of aldehydes is 1. The average Bonchev–Trinajstić information content (AvgIpc) is 2.43. The molecule has 6 heteroatoms. The molecule has 0 heterocycles. The molecule has 1 aromatic rings. The molecule has 18 heavy (non-hydrogen) atoms. The van der Waals surface area contributed by atoms with Crippen molar-refractivity contribution >= 4 is 12.3 Å². The van der Waals surface area contributed by atoms with Crippen LogP contribution in [0.15, 0.2) is 18.2 Å². The maximum Gasteiger partial charge on any atom is 0.337 e. The van der Waals surface area contributed by atoms with E-state index in [-0.39, 0.29) is 11.1 Å². The largest absolute Gasteiger partial charge is 0.497 e. The first kappa shape index (κ1) is 14.1. The SMILES string of the molecule is COC(=O)C(O)C(O)c1cc(OC)ccc1C=O. The average molecular weight is 254 g/mol. The molecule has 98 valence electrons. The highest BCUT2D eigenvalue weighted by atomic mass is 16.5. The maximum absolute atomic E-state index is 11.1. The number of ether oxygens (including phenoxy) is 2. The van der Waals surface area contributed by atoms with Gasteiger partial charge in [0.25, 0.3) is 0 Å². The molecule has 0 saturated heterocycles. The molecular weight excluding hydrogens is 240 g/mol. The van der Waals surface area contributed by atoms with Gasteiger partial charge in [-0.15, -0.1) is 0 Å². The molecule has 0 radical (unpaired) electrons. The predicted octanol–water partition coefficient (Wildman–Crippen LogP) is 0.0750. The Morgan fingerprint density at radius 3 is 2.50 bits per heavy atom. The summed E-state index contributed by atoms with van der Waals surface area (Å²) in [5.74, 6) is -0.589. The predicted molar refractivity (Wildman–Crippen MR) is 61.4 cm³/mol. The number of hydrogen-bond acceptors (Lipinski definition) is 6. The van der Waals surface area contributed by atoms with Gasteiger partial charge >= 0.3 is 5.97 Å². The Morgan fingerprint density at radius 2 is 2.00 bits per heavy atom. The Kier molecular flexibility index (Phi) is 4.82. The maximum atomic E-state index is 11.1. The van der Waals surface area contributed by atoms with Crippen LogP contribution in [0.5, 0.6) is 5.75 Å². The zero-order valence-electron chi connectivity index (χ0n) is 9.99. The molecule has 0 fully saturated rings. The van der Waals surface area contributed by atoms with E-state index in [1.807, 2.05) is 0 Å². The van der Waals surface area contributed by atoms with Crippen LogP contribution in [0.3, 0.4) is 0 Å². The van der Waals surface area contributed by atoms with Gasteiger partial charge in [-0.2, -0.15) is 0 Å². The number of rotatable bonds is 5. The third-order valence-electron chi connectivity index (χ3n) is 2.48. The van der Waals surface area contributed by atoms with Crippen molar-refractivity contribution in [3.8, 4) is 5.75 Å². The third-order valence-corrected chi connectivity index (χ3v) is 2.48. The molecule has 0 spiro atoms. The first-order valence-corrected chi connectivity index (χ1v) is 5.12. The summed E-state index contributed by atoms with van der Waals surface area (Å²) in [6, 6.07) is 4.33. The molecule has 0 aliphatic heterocycles. The molecule has 6 nitrogen and oxygen atoms in total. The molecule has 2 atom stereocenters. The summed E-state index contributed by atoms with van der Waals surface area (Å²) in [6.45, 7) is 0. The molecule has 0 saturated carbocycles. The number of carbonyl (C=O) groups excluding carboxylic acids is 2. The van der Waals surface area contributed by atoms with E-state index < -0.39 is 18.2 Å². The minimum Gasteiger partial charge on any atom is -0.497 e. The summed E-state index contributed by atoms with van der Waals surface area (Å²) in [5, 5.41) is 19.4. The fourth-order valence-electron chi connectivity index (χ4n) is 1.46. The van der Waals surface area contributed by atoms with Crippen molar-refractivity contribution < 1.29 is 29.3 Å². The van der Waals surface area contributed by atoms with E-state index in [0.717, 1.165) is 7.11 Å². The van der Waals surface area contributed by atoms with Gasteiger partial charge in [0, 0.05) is 5.56 Å². The fraction of sp³-hybridized carbons (Fsp3) is 0.333. The van der Waals surface area contributed by atoms with Gasteiger partial charge in [-0.3, -0.25) is 4.79 Å². The zero-order valence-corrected chi connectivity index (χ0v) is 9.99. The highest BCUT2D eigenvalue weighted by Crippen LogP contribution is 2.25. The molecule has 0 amide bonds. The van der Waals surface area contributed by atoms with Gasteiger partial charge in [0.2, 0.25) is 0 Å². The smallest absolute Gasteiger partial charge is 0.337 e. The fourth-order valence-corrected chi connectivity index (χ4v) is 1.46. The van der Waals surface area contributed by atoms with Crippen LogP contribution in [-0.4, -0.2) is 42.8 Å². The lowest BCUT2D eigenvalue weighted by Gasteiger charge is -2.18. The van der Waals surface area contributed by atoms with Crippen LogP contribution in [0, 0.1) is 0 Å². The van der Waals surface area contributed by atoms with Crippen molar-refractivity contribution in [2.75, 3.05) is 14.2 Å². The summed E-state index contributed by atoms with van der Waals surface area (Å²) in [7, 11) is 2.51. The number of aliphatic hydroxyl groups is 2. The Hall–Kier alpha value is -1.92. The molecule has 1 aromatic carbocycles. The number of carbonyl (C=O) groups is 2. The Morgan fingerprint density at radius 1 is 1.33 bits per heavy atom. The van der Waals surface area contributed by atoms with Gasteiger partial charge in [0.1, 0.15) is 18.1 Å². The lowest BCUT2D eigenvalue weighted by Crippen LogP contribution is -2.29. The van der Waals surface area contributed by atoms with E-state index in [0.29, 0.717) is 12.0 Å². The zero-order chi connectivity index (χ0) is 13.7. The van der Waals surface area contributed by atoms with E-state index in [2.05, 4.69) is 4.74 Å². The van der Waals surface area contributed by atoms with E-state index >= 15 is 0 Å². The van der Waals surface area contributed by atoms with Crippen molar-refractivity contribution in [1.29, 1.82) is 0 Å². The summed E-state index contributed by atoms with van der Waals surface area (Å²) in [4.78, 5) is 22.0. The normalized spacial score (nSPS) is 13.6. The van der Waals surface area contributed by atoms with Crippen molar-refractivity contribution in [2.24, 2.45) is 0 Å². The minimum atomic E-state index is -1.76. The second-order valence-electron chi connectivity index (χ2n) is 3.53. The van der Waals surface area contributed by atoms with E-state index in [1.54, 1.807) is 0 Å². The Bertz CT molecular complexity index is 442. The summed E-state index contributed by atoms with van der Waals surface area (Å²) < 4.78 is 9.26. The number of aliphatic hydroxyl groups excluding tert-OH is 2. The van der Waals surface area contributed by atoms with E-state index in [9.17, 15) is 19.8 Å². The number of esters is 1. The number of methoxy groups -OCH3 is 2. The molecular formula is C12H14O6. The summed E-state index contributed by atoms with van der Waals surface area (Å²) in [5.41, 5.74) is 0.258. The number of hydrogen-bond donors (Lipinski definition) is 2. The van der Waals surface area contributed by atoms with Gasteiger partial charge in [-0.05, 0) is 23.8 Å². The first-order valence-electron chi connectivity index (χ1n) is 5.12. The van der Waals surface area contributed by atoms with Crippen LogP contribution in [-0.2, 0) is 9.53 Å². The van der Waals surface area contributed by atoms with Crippen LogP contribution in [0.1, 0.15) is 22.0 Å². The quantitative estimate of drug-likeness (QED) is 0.570. The molecule has 0 bridgehead atoms. The highest BCUT2D eigenvalue weighted by Gasteiger charge is 2.28. The first-order chi connectivity index (χ1) is 8.54. The highest BCUT2D eigenvalue weighted by molar-refractivity contribution is 5.80. The van der Waals surface area contributed by atoms with Gasteiger partial charge in [0.05, 0.1) is 14.2 Å². The lowest BCUT2D eigenvalue weighted by molar-refractivity contribution is -0.156. The topological polar surface area (TPSA) is 93.1 Å². The molecule has 2 unspecified atom stereocenters. The second kappa shape index (κ2) is 6.13. The van der Waals surface area contributed by atoms with Crippen LogP contribution >= 0.6 is 0 Å². The standard InChI is InChI=1S/C12H14O6/c1-17-8-4-3-7(6-13)9(5-8)10(14)11(15)12(16)18-2/h3-6,10-11,14-15H,1-2H3.